The lowest BCUT2D eigenvalue weighted by Gasteiger charge is -2.13. The molecule has 0 fully saturated rings. The van der Waals surface area contributed by atoms with E-state index in [2.05, 4.69) is 15.5 Å². The molecule has 116 valence electrons. The number of amides is 1. The molecule has 0 radical (unpaired) electrons. The zero-order valence-corrected chi connectivity index (χ0v) is 12.4. The number of benzene rings is 1. The molecule has 0 aliphatic rings. The monoisotopic (exact) mass is 303 g/mol. The van der Waals surface area contributed by atoms with Crippen LogP contribution in [0.4, 0.5) is 0 Å². The average Bonchev–Trinajstić information content (AvgIpc) is 3.07. The predicted molar refractivity (Wildman–Crippen MR) is 77.9 cm³/mol. The van der Waals surface area contributed by atoms with Crippen LogP contribution in [0.1, 0.15) is 30.6 Å². The fraction of sp³-hybridized carbons (Fsp3) is 0.333. The average molecular weight is 303 g/mol. The van der Waals surface area contributed by atoms with Crippen molar-refractivity contribution in [3.8, 4) is 11.5 Å². The van der Waals surface area contributed by atoms with Crippen LogP contribution in [-0.2, 0) is 9.53 Å². The quantitative estimate of drug-likeness (QED) is 0.818. The Morgan fingerprint density at radius 2 is 2.05 bits per heavy atom. The number of carbonyl (C=O) groups excluding carboxylic acids is 2. The van der Waals surface area contributed by atoms with Crippen LogP contribution in [0, 0.1) is 0 Å². The van der Waals surface area contributed by atoms with Gasteiger partial charge in [0.2, 0.25) is 12.3 Å². The Hall–Kier alpha value is -2.70. The lowest BCUT2D eigenvalue weighted by molar-refractivity contribution is -0.129. The molecule has 1 aromatic carbocycles. The first-order chi connectivity index (χ1) is 10.6. The molecule has 22 heavy (non-hydrogen) atoms. The second-order valence-corrected chi connectivity index (χ2v) is 4.66. The number of ether oxygens (including phenoxy) is 1. The maximum atomic E-state index is 12.0. The van der Waals surface area contributed by atoms with E-state index >= 15 is 0 Å². The maximum absolute atomic E-state index is 12.0. The number of nitrogens with zero attached hydrogens (tertiary/aromatic N) is 2. The van der Waals surface area contributed by atoms with Gasteiger partial charge in [-0.1, -0.05) is 6.92 Å². The predicted octanol–water partition coefficient (Wildman–Crippen LogP) is 1.81. The minimum atomic E-state index is -0.838. The van der Waals surface area contributed by atoms with Gasteiger partial charge in [-0.15, -0.1) is 10.2 Å². The van der Waals surface area contributed by atoms with Crippen LogP contribution in [0.15, 0.2) is 35.1 Å². The molecule has 0 bridgehead atoms. The smallest absolute Gasteiger partial charge is 0.338 e. The number of hydrogen-bond donors (Lipinski definition) is 1. The zero-order valence-electron chi connectivity index (χ0n) is 12.4. The topological polar surface area (TPSA) is 94.3 Å². The largest absolute Gasteiger partial charge is 0.449 e. The van der Waals surface area contributed by atoms with Crippen molar-refractivity contribution in [3.05, 3.63) is 36.2 Å². The highest BCUT2D eigenvalue weighted by Gasteiger charge is 2.18. The zero-order chi connectivity index (χ0) is 15.9. The minimum absolute atomic E-state index is 0.308. The summed E-state index contributed by atoms with van der Waals surface area (Å²) in [5.74, 6) is -0.499. The Morgan fingerprint density at radius 3 is 2.64 bits per heavy atom. The molecule has 1 amide bonds. The van der Waals surface area contributed by atoms with Gasteiger partial charge >= 0.3 is 5.97 Å². The molecule has 1 N–H and O–H groups in total. The molecule has 1 atom stereocenters. The van der Waals surface area contributed by atoms with Crippen LogP contribution in [0.2, 0.25) is 0 Å². The first-order valence-electron chi connectivity index (χ1n) is 6.97. The third-order valence-electron chi connectivity index (χ3n) is 2.93. The third kappa shape index (κ3) is 3.91. The fourth-order valence-electron chi connectivity index (χ4n) is 1.72. The highest BCUT2D eigenvalue weighted by Crippen LogP contribution is 2.17. The Morgan fingerprint density at radius 1 is 1.32 bits per heavy atom. The Labute approximate surface area is 127 Å². The summed E-state index contributed by atoms with van der Waals surface area (Å²) in [6.07, 6.45) is 1.21. The molecule has 0 saturated carbocycles. The summed E-state index contributed by atoms with van der Waals surface area (Å²) in [6, 6.07) is 6.51. The van der Waals surface area contributed by atoms with Crippen molar-refractivity contribution in [1.82, 2.24) is 15.5 Å². The molecule has 0 aliphatic carbocycles. The lowest BCUT2D eigenvalue weighted by Crippen LogP contribution is -2.36. The second kappa shape index (κ2) is 7.35. The molecule has 7 heteroatoms. The van der Waals surface area contributed by atoms with E-state index in [4.69, 9.17) is 9.15 Å². The van der Waals surface area contributed by atoms with E-state index in [1.165, 1.54) is 13.3 Å². The van der Waals surface area contributed by atoms with E-state index in [0.29, 0.717) is 23.6 Å². The Bertz CT molecular complexity index is 623. The summed E-state index contributed by atoms with van der Waals surface area (Å²) < 4.78 is 10.2. The molecular formula is C15H17N3O4. The van der Waals surface area contributed by atoms with Crippen molar-refractivity contribution in [3.63, 3.8) is 0 Å². The molecule has 7 nitrogen and oxygen atoms in total. The number of esters is 1. The van der Waals surface area contributed by atoms with Crippen LogP contribution in [0.25, 0.3) is 11.5 Å². The van der Waals surface area contributed by atoms with Crippen LogP contribution in [0.5, 0.6) is 0 Å². The molecule has 1 heterocycles. The molecule has 0 aliphatic heterocycles. The molecule has 0 saturated heterocycles. The summed E-state index contributed by atoms with van der Waals surface area (Å²) >= 11 is 0. The molecule has 0 unspecified atom stereocenters. The van der Waals surface area contributed by atoms with Crippen molar-refractivity contribution in [1.29, 1.82) is 0 Å². The van der Waals surface area contributed by atoms with E-state index in [1.54, 1.807) is 24.3 Å². The van der Waals surface area contributed by atoms with Crippen molar-refractivity contribution < 1.29 is 18.7 Å². The van der Waals surface area contributed by atoms with Gasteiger partial charge in [0.05, 0.1) is 5.56 Å². The van der Waals surface area contributed by atoms with Crippen molar-refractivity contribution in [2.24, 2.45) is 0 Å². The van der Waals surface area contributed by atoms with Crippen LogP contribution in [0.3, 0.4) is 0 Å². The second-order valence-electron chi connectivity index (χ2n) is 4.66. The van der Waals surface area contributed by atoms with Gasteiger partial charge in [0, 0.05) is 12.1 Å². The van der Waals surface area contributed by atoms with Gasteiger partial charge in [0.1, 0.15) is 0 Å². The first kappa shape index (κ1) is 15.7. The van der Waals surface area contributed by atoms with E-state index in [1.807, 2.05) is 6.92 Å². The van der Waals surface area contributed by atoms with Crippen LogP contribution >= 0.6 is 0 Å². The summed E-state index contributed by atoms with van der Waals surface area (Å²) in [7, 11) is 0. The fourth-order valence-corrected chi connectivity index (χ4v) is 1.72. The molecular weight excluding hydrogens is 286 g/mol. The van der Waals surface area contributed by atoms with Crippen molar-refractivity contribution in [2.45, 2.75) is 26.4 Å². The molecule has 2 aromatic rings. The van der Waals surface area contributed by atoms with Crippen LogP contribution < -0.4 is 5.32 Å². The van der Waals surface area contributed by atoms with Gasteiger partial charge in [-0.2, -0.15) is 0 Å². The maximum Gasteiger partial charge on any atom is 0.338 e. The minimum Gasteiger partial charge on any atom is -0.449 e. The normalized spacial score (nSPS) is 11.7. The molecule has 0 spiro atoms. The standard InChI is InChI=1S/C15H17N3O4/c1-3-8-16-13(19)10(2)22-15(20)12-6-4-11(5-7-12)14-18-17-9-21-14/h4-7,9-10H,3,8H2,1-2H3,(H,16,19)/t10-/m1/s1. The Balaban J connectivity index is 1.96. The van der Waals surface area contributed by atoms with Gasteiger partial charge in [-0.3, -0.25) is 4.79 Å². The van der Waals surface area contributed by atoms with E-state index in [9.17, 15) is 9.59 Å². The van der Waals surface area contributed by atoms with Crippen molar-refractivity contribution in [2.75, 3.05) is 6.54 Å². The summed E-state index contributed by atoms with van der Waals surface area (Å²) in [5.41, 5.74) is 1.04. The van der Waals surface area contributed by atoms with E-state index < -0.39 is 12.1 Å². The number of carbonyl (C=O) groups is 2. The van der Waals surface area contributed by atoms with Gasteiger partial charge in [-0.05, 0) is 37.6 Å². The molecule has 1 aromatic heterocycles. The van der Waals surface area contributed by atoms with E-state index in [0.717, 1.165) is 6.42 Å². The third-order valence-corrected chi connectivity index (χ3v) is 2.93. The Kier molecular flexibility index (Phi) is 5.24. The summed E-state index contributed by atoms with van der Waals surface area (Å²) in [4.78, 5) is 23.6. The number of nitrogens with one attached hydrogen (secondary N) is 1. The van der Waals surface area contributed by atoms with Gasteiger partial charge in [0.25, 0.3) is 5.91 Å². The number of aromatic nitrogens is 2. The number of rotatable bonds is 6. The van der Waals surface area contributed by atoms with Gasteiger partial charge in [0.15, 0.2) is 6.10 Å². The highest BCUT2D eigenvalue weighted by molar-refractivity contribution is 5.92. The van der Waals surface area contributed by atoms with Crippen molar-refractivity contribution >= 4 is 11.9 Å². The SMILES string of the molecule is CCCNC(=O)[C@@H](C)OC(=O)c1ccc(-c2nnco2)cc1. The first-order valence-corrected chi connectivity index (χ1v) is 6.97. The summed E-state index contributed by atoms with van der Waals surface area (Å²) in [5, 5.41) is 10.0. The van der Waals surface area contributed by atoms with E-state index in [-0.39, 0.29) is 5.91 Å². The molecule has 2 rings (SSSR count). The number of hydrogen-bond acceptors (Lipinski definition) is 6. The van der Waals surface area contributed by atoms with Crippen LogP contribution in [-0.4, -0.2) is 34.7 Å². The lowest BCUT2D eigenvalue weighted by atomic mass is 10.1. The van der Waals surface area contributed by atoms with Gasteiger partial charge in [-0.25, -0.2) is 4.79 Å². The summed E-state index contributed by atoms with van der Waals surface area (Å²) in [6.45, 7) is 4.04. The highest BCUT2D eigenvalue weighted by atomic mass is 16.5. The van der Waals surface area contributed by atoms with Gasteiger partial charge < -0.3 is 14.5 Å².